The zero-order valence-corrected chi connectivity index (χ0v) is 12.9. The van der Waals surface area contributed by atoms with Crippen LogP contribution in [0.15, 0.2) is 0 Å². The summed E-state index contributed by atoms with van der Waals surface area (Å²) in [4.78, 5) is 12.3. The normalized spacial score (nSPS) is 16.4. The van der Waals surface area contributed by atoms with Crippen molar-refractivity contribution in [3.8, 4) is 0 Å². The maximum absolute atomic E-state index is 12.3. The van der Waals surface area contributed by atoms with Crippen LogP contribution in [0.25, 0.3) is 0 Å². The van der Waals surface area contributed by atoms with Crippen molar-refractivity contribution in [2.45, 2.75) is 65.5 Å². The molecule has 1 atom stereocenters. The van der Waals surface area contributed by atoms with Crippen molar-refractivity contribution >= 4 is 13.6 Å². The van der Waals surface area contributed by atoms with Crippen molar-refractivity contribution in [1.82, 2.24) is 0 Å². The first-order chi connectivity index (χ1) is 7.98. The summed E-state index contributed by atoms with van der Waals surface area (Å²) in [6, 6.07) is 0. The van der Waals surface area contributed by atoms with Gasteiger partial charge in [0.1, 0.15) is 7.85 Å². The Morgan fingerprint density at radius 3 is 2.06 bits per heavy atom. The van der Waals surface area contributed by atoms with Gasteiger partial charge in [0.05, 0.1) is 11.1 Å². The van der Waals surface area contributed by atoms with Gasteiger partial charge in [0.2, 0.25) is 0 Å². The maximum atomic E-state index is 12.3. The number of hydrogen-bond donors (Lipinski definition) is 0. The van der Waals surface area contributed by atoms with Crippen LogP contribution in [0, 0.1) is 5.41 Å². The van der Waals surface area contributed by atoms with Gasteiger partial charge >= 0.3 is 0 Å². The SMILES string of the molecule is [B]C(C)(OCCC(C)(C)OC)C(=O)C(C)(C)CC. The summed E-state index contributed by atoms with van der Waals surface area (Å²) in [6.07, 6.45) is 1.43. The van der Waals surface area contributed by atoms with E-state index < -0.39 is 10.9 Å². The fraction of sp³-hybridized carbons (Fsp3) is 0.929. The number of rotatable bonds is 8. The Kier molecular flexibility index (Phi) is 6.08. The Labute approximate surface area is 113 Å². The van der Waals surface area contributed by atoms with Gasteiger partial charge in [-0.3, -0.25) is 4.79 Å². The topological polar surface area (TPSA) is 35.5 Å². The van der Waals surface area contributed by atoms with Gasteiger partial charge in [-0.15, -0.1) is 0 Å². The minimum absolute atomic E-state index is 0.0623. The number of methoxy groups -OCH3 is 1. The first-order valence-corrected chi connectivity index (χ1v) is 6.51. The lowest BCUT2D eigenvalue weighted by Gasteiger charge is -2.34. The molecule has 0 aliphatic carbocycles. The summed E-state index contributed by atoms with van der Waals surface area (Å²) >= 11 is 0. The molecule has 0 rings (SSSR count). The lowest BCUT2D eigenvalue weighted by molar-refractivity contribution is -0.143. The highest BCUT2D eigenvalue weighted by molar-refractivity contribution is 6.28. The van der Waals surface area contributed by atoms with Crippen LogP contribution in [-0.4, -0.2) is 38.4 Å². The second kappa shape index (κ2) is 6.20. The molecule has 0 aromatic rings. The lowest BCUT2D eigenvalue weighted by atomic mass is 9.68. The molecule has 4 heteroatoms. The van der Waals surface area contributed by atoms with Gasteiger partial charge in [-0.2, -0.15) is 0 Å². The fourth-order valence-corrected chi connectivity index (χ4v) is 1.51. The summed E-state index contributed by atoms with van der Waals surface area (Å²) in [7, 11) is 7.64. The maximum Gasteiger partial charge on any atom is 0.160 e. The minimum atomic E-state index is -1.23. The molecule has 0 aromatic heterocycles. The van der Waals surface area contributed by atoms with E-state index in [0.29, 0.717) is 13.0 Å². The van der Waals surface area contributed by atoms with E-state index in [1.165, 1.54) is 0 Å². The van der Waals surface area contributed by atoms with E-state index in [9.17, 15) is 4.79 Å². The van der Waals surface area contributed by atoms with E-state index >= 15 is 0 Å². The molecule has 3 nitrogen and oxygen atoms in total. The van der Waals surface area contributed by atoms with Crippen LogP contribution in [-0.2, 0) is 14.3 Å². The van der Waals surface area contributed by atoms with Crippen molar-refractivity contribution < 1.29 is 14.3 Å². The summed E-state index contributed by atoms with van der Waals surface area (Å²) in [5.41, 5.74) is -1.96. The third kappa shape index (κ3) is 5.11. The number of ketones is 1. The molecule has 0 bridgehead atoms. The molecule has 1 unspecified atom stereocenters. The average Bonchev–Trinajstić information content (AvgIpc) is 2.27. The van der Waals surface area contributed by atoms with E-state index in [-0.39, 0.29) is 11.4 Å². The second-order valence-electron chi connectivity index (χ2n) is 6.24. The number of carbonyl (C=O) groups excluding carboxylic acids is 1. The summed E-state index contributed by atoms with van der Waals surface area (Å²) in [6.45, 7) is 11.7. The zero-order valence-electron chi connectivity index (χ0n) is 12.9. The molecule has 0 spiro atoms. The highest BCUT2D eigenvalue weighted by Gasteiger charge is 2.38. The van der Waals surface area contributed by atoms with Crippen LogP contribution in [0.1, 0.15) is 54.4 Å². The first-order valence-electron chi connectivity index (χ1n) is 6.51. The second-order valence-corrected chi connectivity index (χ2v) is 6.24. The molecule has 0 aromatic carbocycles. The smallest absolute Gasteiger partial charge is 0.160 e. The molecule has 0 aliphatic heterocycles. The van der Waals surface area contributed by atoms with Crippen LogP contribution in [0.2, 0.25) is 0 Å². The quantitative estimate of drug-likeness (QED) is 0.625. The molecule has 104 valence electrons. The van der Waals surface area contributed by atoms with Gasteiger partial charge in [-0.1, -0.05) is 20.8 Å². The number of hydrogen-bond acceptors (Lipinski definition) is 3. The van der Waals surface area contributed by atoms with Crippen molar-refractivity contribution in [1.29, 1.82) is 0 Å². The summed E-state index contributed by atoms with van der Waals surface area (Å²) in [5, 5.41) is 0. The first kappa shape index (κ1) is 17.7. The fourth-order valence-electron chi connectivity index (χ4n) is 1.51. The summed E-state index contributed by atoms with van der Waals surface area (Å²) < 4.78 is 10.9. The standard InChI is InChI=1S/C14H27BO3/c1-8-12(2,3)11(16)14(6,15)18-10-9-13(4,5)17-7/h8-10H2,1-7H3. The zero-order chi connectivity index (χ0) is 14.6. The predicted octanol–water partition coefficient (Wildman–Crippen LogP) is 2.71. The molecule has 0 N–H and O–H groups in total. The van der Waals surface area contributed by atoms with Gasteiger partial charge in [-0.25, -0.2) is 0 Å². The largest absolute Gasteiger partial charge is 0.379 e. The van der Waals surface area contributed by atoms with Gasteiger partial charge in [-0.05, 0) is 33.6 Å². The Hall–Kier alpha value is -0.345. The lowest BCUT2D eigenvalue weighted by Crippen LogP contribution is -2.47. The van der Waals surface area contributed by atoms with E-state index in [1.54, 1.807) is 14.0 Å². The van der Waals surface area contributed by atoms with Crippen molar-refractivity contribution in [3.05, 3.63) is 0 Å². The molecule has 0 heterocycles. The van der Waals surface area contributed by atoms with E-state index in [4.69, 9.17) is 17.3 Å². The predicted molar refractivity (Wildman–Crippen MR) is 74.9 cm³/mol. The third-order valence-corrected chi connectivity index (χ3v) is 3.61. The number of ether oxygens (including phenoxy) is 2. The molecule has 0 fully saturated rings. The van der Waals surface area contributed by atoms with E-state index in [0.717, 1.165) is 6.42 Å². The van der Waals surface area contributed by atoms with Crippen LogP contribution < -0.4 is 0 Å². The Balaban J connectivity index is 4.45. The molecule has 0 amide bonds. The van der Waals surface area contributed by atoms with Crippen LogP contribution >= 0.6 is 0 Å². The molecule has 18 heavy (non-hydrogen) atoms. The Bertz CT molecular complexity index is 283. The molecule has 0 saturated carbocycles. The molecule has 2 radical (unpaired) electrons. The van der Waals surface area contributed by atoms with Gasteiger partial charge < -0.3 is 9.47 Å². The number of Topliss-reactive ketones (excluding diaryl/α,β-unsaturated/α-hetero) is 1. The monoisotopic (exact) mass is 254 g/mol. The van der Waals surface area contributed by atoms with Crippen LogP contribution in [0.3, 0.4) is 0 Å². The third-order valence-electron chi connectivity index (χ3n) is 3.61. The van der Waals surface area contributed by atoms with Crippen LogP contribution in [0.4, 0.5) is 0 Å². The average molecular weight is 254 g/mol. The van der Waals surface area contributed by atoms with Crippen molar-refractivity contribution in [3.63, 3.8) is 0 Å². The molecule has 0 saturated heterocycles. The van der Waals surface area contributed by atoms with Gasteiger partial charge in [0, 0.05) is 19.1 Å². The highest BCUT2D eigenvalue weighted by Crippen LogP contribution is 2.28. The summed E-state index contributed by atoms with van der Waals surface area (Å²) in [5.74, 6) is -0.0623. The minimum Gasteiger partial charge on any atom is -0.379 e. The van der Waals surface area contributed by atoms with Crippen molar-refractivity contribution in [2.75, 3.05) is 13.7 Å². The Morgan fingerprint density at radius 2 is 1.67 bits per heavy atom. The van der Waals surface area contributed by atoms with E-state index in [1.807, 2.05) is 34.6 Å². The van der Waals surface area contributed by atoms with E-state index in [2.05, 4.69) is 0 Å². The number of carbonyl (C=O) groups is 1. The molecular weight excluding hydrogens is 227 g/mol. The highest BCUT2D eigenvalue weighted by atomic mass is 16.5. The molecular formula is C14H27BO3. The van der Waals surface area contributed by atoms with Gasteiger partial charge in [0.25, 0.3) is 0 Å². The van der Waals surface area contributed by atoms with Crippen molar-refractivity contribution in [2.24, 2.45) is 5.41 Å². The van der Waals surface area contributed by atoms with Crippen LogP contribution in [0.5, 0.6) is 0 Å². The molecule has 0 aliphatic rings. The van der Waals surface area contributed by atoms with Gasteiger partial charge in [0.15, 0.2) is 5.78 Å². The Morgan fingerprint density at radius 1 is 1.17 bits per heavy atom.